The van der Waals surface area contributed by atoms with E-state index in [1.165, 1.54) is 26.2 Å². The lowest BCUT2D eigenvalue weighted by Gasteiger charge is -2.33. The zero-order valence-corrected chi connectivity index (χ0v) is 14.2. The van der Waals surface area contributed by atoms with Crippen LogP contribution in [0.25, 0.3) is 0 Å². The zero-order valence-electron chi connectivity index (χ0n) is 13.4. The third kappa shape index (κ3) is 2.94. The van der Waals surface area contributed by atoms with Gasteiger partial charge in [0.15, 0.2) is 0 Å². The normalized spacial score (nSPS) is 18.6. The number of halogens is 1. The lowest BCUT2D eigenvalue weighted by atomic mass is 10.0. The maximum atomic E-state index is 12.7. The molecular formula is C17H15ClN2O5. The van der Waals surface area contributed by atoms with Crippen LogP contribution in [0.5, 0.6) is 17.2 Å². The lowest BCUT2D eigenvalue weighted by molar-refractivity contribution is -0.143. The molecule has 0 aliphatic carbocycles. The van der Waals surface area contributed by atoms with Gasteiger partial charge in [-0.1, -0.05) is 23.7 Å². The number of phenolic OH excluding ortho intramolecular Hbond substituents is 1. The highest BCUT2D eigenvalue weighted by Gasteiger charge is 2.47. The largest absolute Gasteiger partial charge is 0.506 e. The molecule has 130 valence electrons. The highest BCUT2D eigenvalue weighted by Crippen LogP contribution is 2.37. The van der Waals surface area contributed by atoms with Crippen LogP contribution >= 0.6 is 11.6 Å². The van der Waals surface area contributed by atoms with Crippen LogP contribution in [0.15, 0.2) is 36.4 Å². The van der Waals surface area contributed by atoms with Gasteiger partial charge in [0.1, 0.15) is 17.2 Å². The highest BCUT2D eigenvalue weighted by molar-refractivity contribution is 6.32. The second-order valence-corrected chi connectivity index (χ2v) is 5.95. The molecule has 2 aromatic carbocycles. The Morgan fingerprint density at radius 1 is 1.36 bits per heavy atom. The number of rotatable bonds is 3. The van der Waals surface area contributed by atoms with E-state index in [0.717, 1.165) is 0 Å². The van der Waals surface area contributed by atoms with Crippen LogP contribution < -0.4 is 20.1 Å². The van der Waals surface area contributed by atoms with Crippen molar-refractivity contribution in [3.05, 3.63) is 41.4 Å². The van der Waals surface area contributed by atoms with Crippen molar-refractivity contribution in [1.82, 2.24) is 0 Å². The number of phenols is 1. The summed E-state index contributed by atoms with van der Waals surface area (Å²) in [4.78, 5) is 25.1. The predicted molar refractivity (Wildman–Crippen MR) is 92.4 cm³/mol. The second kappa shape index (κ2) is 6.18. The monoisotopic (exact) mass is 362 g/mol. The number of methoxy groups -OCH3 is 1. The standard InChI is InChI=1S/C17H15ClN2O5/c1-17(15(22)19-10-5-3-4-6-13(10)25-17)16(23)20-11-8-12(21)9(18)7-14(11)24-2/h3-8,21H,1-2H3,(H,19,22)(H,20,23). The number of anilines is 2. The maximum absolute atomic E-state index is 12.7. The van der Waals surface area contributed by atoms with Gasteiger partial charge in [0.25, 0.3) is 17.4 Å². The van der Waals surface area contributed by atoms with Crippen molar-refractivity contribution in [2.45, 2.75) is 12.5 Å². The van der Waals surface area contributed by atoms with Gasteiger partial charge >= 0.3 is 0 Å². The fraction of sp³-hybridized carbons (Fsp3) is 0.176. The van der Waals surface area contributed by atoms with Crippen LogP contribution in [0.2, 0.25) is 5.02 Å². The molecule has 8 heteroatoms. The average molecular weight is 363 g/mol. The number of amides is 2. The van der Waals surface area contributed by atoms with Crippen LogP contribution in [0, 0.1) is 0 Å². The summed E-state index contributed by atoms with van der Waals surface area (Å²) in [5.74, 6) is -0.954. The molecule has 0 radical (unpaired) electrons. The summed E-state index contributed by atoms with van der Waals surface area (Å²) in [5, 5.41) is 15.0. The first kappa shape index (κ1) is 16.9. The fourth-order valence-electron chi connectivity index (χ4n) is 2.37. The van der Waals surface area contributed by atoms with E-state index in [2.05, 4.69) is 10.6 Å². The number of carbonyl (C=O) groups excluding carboxylic acids is 2. The van der Waals surface area contributed by atoms with E-state index in [4.69, 9.17) is 21.1 Å². The van der Waals surface area contributed by atoms with E-state index >= 15 is 0 Å². The molecular weight excluding hydrogens is 348 g/mol. The van der Waals surface area contributed by atoms with Gasteiger partial charge in [0.2, 0.25) is 0 Å². The number of fused-ring (bicyclic) bond motifs is 1. The van der Waals surface area contributed by atoms with Gasteiger partial charge in [-0.05, 0) is 19.1 Å². The molecule has 1 aliphatic heterocycles. The molecule has 1 atom stereocenters. The van der Waals surface area contributed by atoms with Crippen LogP contribution in [-0.2, 0) is 9.59 Å². The van der Waals surface area contributed by atoms with Gasteiger partial charge < -0.3 is 25.2 Å². The summed E-state index contributed by atoms with van der Waals surface area (Å²) >= 11 is 5.83. The number of benzene rings is 2. The quantitative estimate of drug-likeness (QED) is 0.729. The maximum Gasteiger partial charge on any atom is 0.278 e. The first-order chi connectivity index (χ1) is 11.8. The van der Waals surface area contributed by atoms with Crippen molar-refractivity contribution in [3.63, 3.8) is 0 Å². The van der Waals surface area contributed by atoms with Crippen LogP contribution in [0.1, 0.15) is 6.92 Å². The number of hydrogen-bond acceptors (Lipinski definition) is 5. The van der Waals surface area contributed by atoms with Crippen molar-refractivity contribution in [2.24, 2.45) is 0 Å². The second-order valence-electron chi connectivity index (χ2n) is 5.54. The Morgan fingerprint density at radius 3 is 2.80 bits per heavy atom. The molecule has 0 aromatic heterocycles. The van der Waals surface area contributed by atoms with Crippen molar-refractivity contribution in [2.75, 3.05) is 17.7 Å². The number of carbonyl (C=O) groups is 2. The molecule has 1 heterocycles. The minimum absolute atomic E-state index is 0.0710. The predicted octanol–water partition coefficient (Wildman–Crippen LogP) is 2.78. The highest BCUT2D eigenvalue weighted by atomic mass is 35.5. The Labute approximate surface area is 148 Å². The molecule has 2 aromatic rings. The van der Waals surface area contributed by atoms with Crippen LogP contribution in [0.3, 0.4) is 0 Å². The van der Waals surface area contributed by atoms with E-state index in [1.54, 1.807) is 24.3 Å². The number of ether oxygens (including phenoxy) is 2. The summed E-state index contributed by atoms with van der Waals surface area (Å²) in [6.45, 7) is 1.36. The molecule has 0 spiro atoms. The molecule has 1 aliphatic rings. The van der Waals surface area contributed by atoms with Crippen molar-refractivity contribution < 1.29 is 24.2 Å². The van der Waals surface area contributed by atoms with E-state index in [0.29, 0.717) is 11.4 Å². The van der Waals surface area contributed by atoms with E-state index in [-0.39, 0.29) is 22.2 Å². The first-order valence-electron chi connectivity index (χ1n) is 7.32. The molecule has 3 N–H and O–H groups in total. The molecule has 7 nitrogen and oxygen atoms in total. The van der Waals surface area contributed by atoms with E-state index in [9.17, 15) is 14.7 Å². The number of hydrogen-bond donors (Lipinski definition) is 3. The Hall–Kier alpha value is -2.93. The topological polar surface area (TPSA) is 96.9 Å². The summed E-state index contributed by atoms with van der Waals surface area (Å²) in [6, 6.07) is 9.38. The third-order valence-corrected chi connectivity index (χ3v) is 4.14. The first-order valence-corrected chi connectivity index (χ1v) is 7.70. The van der Waals surface area contributed by atoms with Gasteiger partial charge in [0, 0.05) is 12.1 Å². The summed E-state index contributed by atoms with van der Waals surface area (Å²) in [7, 11) is 1.39. The van der Waals surface area contributed by atoms with Gasteiger partial charge in [-0.15, -0.1) is 0 Å². The zero-order chi connectivity index (χ0) is 18.2. The van der Waals surface area contributed by atoms with Gasteiger partial charge in [-0.3, -0.25) is 9.59 Å². The van der Waals surface area contributed by atoms with Gasteiger partial charge in [-0.25, -0.2) is 0 Å². The van der Waals surface area contributed by atoms with Gasteiger partial charge in [0.05, 0.1) is 23.5 Å². The molecule has 3 rings (SSSR count). The van der Waals surface area contributed by atoms with Gasteiger partial charge in [-0.2, -0.15) is 0 Å². The Bertz CT molecular complexity index is 870. The van der Waals surface area contributed by atoms with Crippen LogP contribution in [-0.4, -0.2) is 29.6 Å². The SMILES string of the molecule is COc1cc(Cl)c(O)cc1NC(=O)C1(C)Oc2ccccc2NC1=O. The van der Waals surface area contributed by atoms with Crippen molar-refractivity contribution in [1.29, 1.82) is 0 Å². The van der Waals surface area contributed by atoms with Crippen LogP contribution in [0.4, 0.5) is 11.4 Å². The molecule has 2 amide bonds. The Balaban J connectivity index is 1.91. The molecule has 0 saturated heterocycles. The minimum Gasteiger partial charge on any atom is -0.506 e. The summed E-state index contributed by atoms with van der Waals surface area (Å²) in [5.41, 5.74) is -1.15. The van der Waals surface area contributed by atoms with Crippen molar-refractivity contribution in [3.8, 4) is 17.2 Å². The van der Waals surface area contributed by atoms with E-state index in [1.807, 2.05) is 0 Å². The number of aromatic hydroxyl groups is 1. The molecule has 0 fully saturated rings. The van der Waals surface area contributed by atoms with Crippen molar-refractivity contribution >= 4 is 34.8 Å². The van der Waals surface area contributed by atoms with E-state index < -0.39 is 17.4 Å². The molecule has 0 bridgehead atoms. The average Bonchev–Trinajstić information content (AvgIpc) is 2.58. The molecule has 0 saturated carbocycles. The fourth-order valence-corrected chi connectivity index (χ4v) is 2.52. The third-order valence-electron chi connectivity index (χ3n) is 3.83. The Morgan fingerprint density at radius 2 is 2.08 bits per heavy atom. The Kier molecular flexibility index (Phi) is 4.18. The summed E-state index contributed by atoms with van der Waals surface area (Å²) in [6.07, 6.45) is 0. The molecule has 25 heavy (non-hydrogen) atoms. The molecule has 1 unspecified atom stereocenters. The number of para-hydroxylation sites is 2. The lowest BCUT2D eigenvalue weighted by Crippen LogP contribution is -2.56. The smallest absolute Gasteiger partial charge is 0.278 e. The minimum atomic E-state index is -1.80. The number of nitrogens with one attached hydrogen (secondary N) is 2. The summed E-state index contributed by atoms with van der Waals surface area (Å²) < 4.78 is 10.8.